The summed E-state index contributed by atoms with van der Waals surface area (Å²) in [6, 6.07) is 9.39. The molecule has 1 aromatic heterocycles. The van der Waals surface area contributed by atoms with Crippen LogP contribution in [0.1, 0.15) is 24.0 Å². The minimum absolute atomic E-state index is 0.519. The highest BCUT2D eigenvalue weighted by molar-refractivity contribution is 9.10. The summed E-state index contributed by atoms with van der Waals surface area (Å²) in [6.07, 6.45) is 5.93. The Morgan fingerprint density at radius 2 is 1.74 bits per heavy atom. The van der Waals surface area contributed by atoms with Crippen molar-refractivity contribution >= 4 is 21.9 Å². The van der Waals surface area contributed by atoms with Gasteiger partial charge in [-0.2, -0.15) is 0 Å². The molecule has 0 N–H and O–H groups in total. The summed E-state index contributed by atoms with van der Waals surface area (Å²) in [7, 11) is 2.10. The van der Waals surface area contributed by atoms with Gasteiger partial charge in [-0.3, -0.25) is 4.90 Å². The summed E-state index contributed by atoms with van der Waals surface area (Å²) in [4.78, 5) is 13.6. The summed E-state index contributed by atoms with van der Waals surface area (Å²) in [6.45, 7) is 5.43. The third-order valence-corrected chi connectivity index (χ3v) is 4.96. The van der Waals surface area contributed by atoms with Crippen LogP contribution in [0.15, 0.2) is 41.1 Å². The van der Waals surface area contributed by atoms with Crippen LogP contribution in [0, 0.1) is 6.92 Å². The molecule has 1 aliphatic rings. The molecule has 2 heterocycles. The first kappa shape index (κ1) is 16.4. The van der Waals surface area contributed by atoms with Gasteiger partial charge in [0.1, 0.15) is 0 Å². The van der Waals surface area contributed by atoms with E-state index in [0.717, 1.165) is 42.9 Å². The highest BCUT2D eigenvalue weighted by atomic mass is 79.9. The smallest absolute Gasteiger partial charge is 0.225 e. The van der Waals surface area contributed by atoms with E-state index in [1.54, 1.807) is 0 Å². The van der Waals surface area contributed by atoms with Gasteiger partial charge in [-0.15, -0.1) is 0 Å². The molecule has 0 spiro atoms. The second-order valence-electron chi connectivity index (χ2n) is 6.31. The predicted molar refractivity (Wildman–Crippen MR) is 97.6 cm³/mol. The van der Waals surface area contributed by atoms with Gasteiger partial charge in [0, 0.05) is 45.1 Å². The van der Waals surface area contributed by atoms with Crippen molar-refractivity contribution in [1.29, 1.82) is 0 Å². The van der Waals surface area contributed by atoms with Crippen molar-refractivity contribution in [3.63, 3.8) is 0 Å². The molecule has 0 atom stereocenters. The van der Waals surface area contributed by atoms with Gasteiger partial charge >= 0.3 is 0 Å². The summed E-state index contributed by atoms with van der Waals surface area (Å²) < 4.78 is 0.919. The summed E-state index contributed by atoms with van der Waals surface area (Å²) >= 11 is 3.38. The van der Waals surface area contributed by atoms with E-state index in [2.05, 4.69) is 73.9 Å². The van der Waals surface area contributed by atoms with Crippen LogP contribution >= 0.6 is 15.9 Å². The topological polar surface area (TPSA) is 32.3 Å². The Hall–Kier alpha value is -1.46. The average molecular weight is 375 g/mol. The Kier molecular flexibility index (Phi) is 5.28. The molecule has 1 aromatic carbocycles. The first-order valence-corrected chi connectivity index (χ1v) is 8.89. The number of halogens is 1. The number of aryl methyl sites for hydroxylation is 1. The molecule has 0 saturated carbocycles. The van der Waals surface area contributed by atoms with Crippen molar-refractivity contribution in [2.75, 3.05) is 25.0 Å². The van der Waals surface area contributed by atoms with Gasteiger partial charge in [0.25, 0.3) is 0 Å². The van der Waals surface area contributed by atoms with Crippen molar-refractivity contribution in [3.05, 3.63) is 52.3 Å². The summed E-state index contributed by atoms with van der Waals surface area (Å²) in [5.41, 5.74) is 2.72. The maximum atomic E-state index is 4.40. The van der Waals surface area contributed by atoms with Crippen molar-refractivity contribution in [1.82, 2.24) is 14.9 Å². The molecule has 2 aromatic rings. The first-order chi connectivity index (χ1) is 11.1. The number of aromatic nitrogens is 2. The second kappa shape index (κ2) is 7.41. The highest BCUT2D eigenvalue weighted by Gasteiger charge is 2.23. The zero-order valence-corrected chi connectivity index (χ0v) is 15.3. The zero-order valence-electron chi connectivity index (χ0n) is 13.7. The van der Waals surface area contributed by atoms with E-state index in [-0.39, 0.29) is 0 Å². The van der Waals surface area contributed by atoms with Crippen molar-refractivity contribution < 1.29 is 0 Å². The Bertz CT molecular complexity index is 618. The van der Waals surface area contributed by atoms with Crippen LogP contribution in [0.2, 0.25) is 0 Å². The van der Waals surface area contributed by atoms with E-state index >= 15 is 0 Å². The molecular formula is C18H23BrN4. The lowest BCUT2D eigenvalue weighted by molar-refractivity contribution is 0.203. The van der Waals surface area contributed by atoms with Crippen LogP contribution in [0.25, 0.3) is 0 Å². The Labute approximate surface area is 146 Å². The van der Waals surface area contributed by atoms with E-state index in [1.165, 1.54) is 11.1 Å². The van der Waals surface area contributed by atoms with Crippen LogP contribution in [0.3, 0.4) is 0 Å². The normalized spacial score (nSPS) is 16.5. The number of piperidine rings is 1. The molecule has 1 saturated heterocycles. The number of nitrogens with zero attached hydrogens (tertiary/aromatic N) is 4. The highest BCUT2D eigenvalue weighted by Crippen LogP contribution is 2.21. The van der Waals surface area contributed by atoms with Crippen molar-refractivity contribution in [3.8, 4) is 0 Å². The number of likely N-dealkylation sites (tertiary alicyclic amines) is 1. The molecular weight excluding hydrogens is 352 g/mol. The lowest BCUT2D eigenvalue weighted by Gasteiger charge is -2.36. The maximum Gasteiger partial charge on any atom is 0.225 e. The van der Waals surface area contributed by atoms with Crippen molar-refractivity contribution in [2.24, 2.45) is 0 Å². The molecule has 0 radical (unpaired) electrons. The third kappa shape index (κ3) is 4.30. The molecule has 0 unspecified atom stereocenters. The maximum absolute atomic E-state index is 4.40. The van der Waals surface area contributed by atoms with Crippen LogP contribution in [-0.4, -0.2) is 41.0 Å². The predicted octanol–water partition coefficient (Wildman–Crippen LogP) is 3.65. The lowest BCUT2D eigenvalue weighted by atomic mass is 10.0. The molecule has 4 nitrogen and oxygen atoms in total. The third-order valence-electron chi connectivity index (χ3n) is 4.55. The number of rotatable bonds is 4. The Morgan fingerprint density at radius 1 is 1.13 bits per heavy atom. The largest absolute Gasteiger partial charge is 0.341 e. The fourth-order valence-electron chi connectivity index (χ4n) is 3.07. The molecule has 5 heteroatoms. The molecule has 0 amide bonds. The van der Waals surface area contributed by atoms with E-state index < -0.39 is 0 Å². The van der Waals surface area contributed by atoms with Gasteiger partial charge in [0.2, 0.25) is 5.95 Å². The van der Waals surface area contributed by atoms with E-state index in [4.69, 9.17) is 0 Å². The number of anilines is 1. The molecule has 1 fully saturated rings. The van der Waals surface area contributed by atoms with Gasteiger partial charge in [-0.25, -0.2) is 9.97 Å². The van der Waals surface area contributed by atoms with Crippen molar-refractivity contribution in [2.45, 2.75) is 32.4 Å². The first-order valence-electron chi connectivity index (χ1n) is 8.10. The molecule has 23 heavy (non-hydrogen) atoms. The fraction of sp³-hybridized carbons (Fsp3) is 0.444. The van der Waals surface area contributed by atoms with E-state index in [0.29, 0.717) is 6.04 Å². The minimum Gasteiger partial charge on any atom is -0.341 e. The van der Waals surface area contributed by atoms with Crippen LogP contribution in [-0.2, 0) is 6.54 Å². The fourth-order valence-corrected chi connectivity index (χ4v) is 3.27. The zero-order chi connectivity index (χ0) is 16.2. The van der Waals surface area contributed by atoms with Crippen LogP contribution in [0.5, 0.6) is 0 Å². The summed E-state index contributed by atoms with van der Waals surface area (Å²) in [5, 5.41) is 0. The molecule has 3 rings (SSSR count). The quantitative estimate of drug-likeness (QED) is 0.817. The second-order valence-corrected chi connectivity index (χ2v) is 7.22. The monoisotopic (exact) mass is 374 g/mol. The number of hydrogen-bond donors (Lipinski definition) is 0. The van der Waals surface area contributed by atoms with Crippen LogP contribution < -0.4 is 4.90 Å². The van der Waals surface area contributed by atoms with Gasteiger partial charge in [0.05, 0.1) is 4.47 Å². The van der Waals surface area contributed by atoms with Gasteiger partial charge < -0.3 is 4.90 Å². The molecule has 122 valence electrons. The lowest BCUT2D eigenvalue weighted by Crippen LogP contribution is -2.43. The molecule has 0 aliphatic carbocycles. The minimum atomic E-state index is 0.519. The van der Waals surface area contributed by atoms with Gasteiger partial charge in [-0.1, -0.05) is 29.8 Å². The van der Waals surface area contributed by atoms with Crippen LogP contribution in [0.4, 0.5) is 5.95 Å². The Morgan fingerprint density at radius 3 is 2.35 bits per heavy atom. The van der Waals surface area contributed by atoms with Gasteiger partial charge in [0.15, 0.2) is 0 Å². The molecule has 1 aliphatic heterocycles. The summed E-state index contributed by atoms with van der Waals surface area (Å²) in [5.74, 6) is 0.810. The average Bonchev–Trinajstić information content (AvgIpc) is 2.58. The van der Waals surface area contributed by atoms with Gasteiger partial charge in [-0.05, 0) is 41.3 Å². The number of benzene rings is 1. The van der Waals surface area contributed by atoms with E-state index in [1.807, 2.05) is 12.4 Å². The standard InChI is InChI=1S/C18H23BrN4/c1-14-3-5-15(6-4-14)13-23-9-7-17(8-10-23)22(2)18-20-11-16(19)12-21-18/h3-6,11-12,17H,7-10,13H2,1-2H3. The Balaban J connectivity index is 1.53. The SMILES string of the molecule is Cc1ccc(CN2CCC(N(C)c3ncc(Br)cn3)CC2)cc1. The molecule has 0 bridgehead atoms. The van der Waals surface area contributed by atoms with E-state index in [9.17, 15) is 0 Å². The number of hydrogen-bond acceptors (Lipinski definition) is 4.